The molecule has 0 radical (unpaired) electrons. The molecule has 0 heterocycles. The molecule has 0 aliphatic heterocycles. The Morgan fingerprint density at radius 1 is 1.25 bits per heavy atom. The second kappa shape index (κ2) is 8.97. The number of rotatable bonds is 8. The van der Waals surface area contributed by atoms with Crippen molar-refractivity contribution in [2.45, 2.75) is 32.7 Å². The summed E-state index contributed by atoms with van der Waals surface area (Å²) in [5.74, 6) is 0. The Morgan fingerprint density at radius 3 is 2.58 bits per heavy atom. The largest absolute Gasteiger partial charge is 0.329 e. The summed E-state index contributed by atoms with van der Waals surface area (Å²) >= 11 is 0. The van der Waals surface area contributed by atoms with E-state index in [2.05, 4.69) is 24.5 Å². The second-order valence-electron chi connectivity index (χ2n) is 3.16. The van der Waals surface area contributed by atoms with Gasteiger partial charge >= 0.3 is 0 Å². The third kappa shape index (κ3) is 7.98. The molecule has 0 fully saturated rings. The van der Waals surface area contributed by atoms with Crippen LogP contribution in [0.25, 0.3) is 0 Å². The van der Waals surface area contributed by atoms with Gasteiger partial charge in [0.25, 0.3) is 0 Å². The molecule has 0 aromatic heterocycles. The highest BCUT2D eigenvalue weighted by molar-refractivity contribution is 4.58. The minimum atomic E-state index is 0.652. The first-order valence-electron chi connectivity index (χ1n) is 4.95. The molecule has 12 heavy (non-hydrogen) atoms. The van der Waals surface area contributed by atoms with E-state index < -0.39 is 0 Å². The van der Waals surface area contributed by atoms with E-state index in [1.165, 1.54) is 12.8 Å². The van der Waals surface area contributed by atoms with Crippen LogP contribution in [0.1, 0.15) is 26.7 Å². The van der Waals surface area contributed by atoms with Crippen molar-refractivity contribution in [3.05, 3.63) is 0 Å². The zero-order valence-corrected chi connectivity index (χ0v) is 8.40. The van der Waals surface area contributed by atoms with Gasteiger partial charge in [-0.1, -0.05) is 6.92 Å². The standard InChI is InChI=1S/C9H23N3/c1-3-9(2)12-7-4-6-11-8-5-10/h9,11-12H,3-8,10H2,1-2H3. The Bertz CT molecular complexity index is 85.8. The highest BCUT2D eigenvalue weighted by Gasteiger charge is 1.94. The summed E-state index contributed by atoms with van der Waals surface area (Å²) in [6.07, 6.45) is 2.39. The van der Waals surface area contributed by atoms with Gasteiger partial charge < -0.3 is 16.4 Å². The summed E-state index contributed by atoms with van der Waals surface area (Å²) in [6, 6.07) is 0.652. The number of nitrogens with two attached hydrogens (primary N) is 1. The molecule has 0 aromatic rings. The number of hydrogen-bond donors (Lipinski definition) is 3. The topological polar surface area (TPSA) is 50.1 Å². The molecule has 3 nitrogen and oxygen atoms in total. The number of nitrogens with one attached hydrogen (secondary N) is 2. The SMILES string of the molecule is CCC(C)NCCCNCCN. The van der Waals surface area contributed by atoms with E-state index in [1.807, 2.05) is 0 Å². The van der Waals surface area contributed by atoms with Crippen LogP contribution >= 0.6 is 0 Å². The smallest absolute Gasteiger partial charge is 0.00745 e. The van der Waals surface area contributed by atoms with Crippen LogP contribution in [0.5, 0.6) is 0 Å². The summed E-state index contributed by atoms with van der Waals surface area (Å²) < 4.78 is 0. The van der Waals surface area contributed by atoms with Gasteiger partial charge in [-0.2, -0.15) is 0 Å². The van der Waals surface area contributed by atoms with Crippen molar-refractivity contribution in [3.8, 4) is 0 Å². The molecule has 0 bridgehead atoms. The molecule has 1 unspecified atom stereocenters. The molecule has 0 aliphatic carbocycles. The van der Waals surface area contributed by atoms with E-state index in [9.17, 15) is 0 Å². The van der Waals surface area contributed by atoms with Gasteiger partial charge in [0.1, 0.15) is 0 Å². The second-order valence-corrected chi connectivity index (χ2v) is 3.16. The Hall–Kier alpha value is -0.120. The van der Waals surface area contributed by atoms with Gasteiger partial charge in [0, 0.05) is 19.1 Å². The monoisotopic (exact) mass is 173 g/mol. The van der Waals surface area contributed by atoms with Gasteiger partial charge in [0.05, 0.1) is 0 Å². The van der Waals surface area contributed by atoms with Crippen LogP contribution in [-0.2, 0) is 0 Å². The molecule has 0 saturated heterocycles. The quantitative estimate of drug-likeness (QED) is 0.463. The maximum Gasteiger partial charge on any atom is 0.00745 e. The van der Waals surface area contributed by atoms with Gasteiger partial charge in [-0.25, -0.2) is 0 Å². The maximum atomic E-state index is 5.33. The van der Waals surface area contributed by atoms with E-state index in [4.69, 9.17) is 5.73 Å². The molecule has 0 spiro atoms. The molecule has 74 valence electrons. The summed E-state index contributed by atoms with van der Waals surface area (Å²) in [6.45, 7) is 8.26. The van der Waals surface area contributed by atoms with Crippen LogP contribution in [0.3, 0.4) is 0 Å². The first-order chi connectivity index (χ1) is 5.81. The van der Waals surface area contributed by atoms with Crippen molar-refractivity contribution in [1.82, 2.24) is 10.6 Å². The summed E-state index contributed by atoms with van der Waals surface area (Å²) in [5, 5.41) is 6.70. The Labute approximate surface area is 76.1 Å². The molecule has 4 N–H and O–H groups in total. The molecule has 0 saturated carbocycles. The first-order valence-corrected chi connectivity index (χ1v) is 4.95. The lowest BCUT2D eigenvalue weighted by molar-refractivity contribution is 0.513. The van der Waals surface area contributed by atoms with Crippen LogP contribution in [-0.4, -0.2) is 32.2 Å². The van der Waals surface area contributed by atoms with Gasteiger partial charge in [-0.3, -0.25) is 0 Å². The predicted molar refractivity (Wildman–Crippen MR) is 54.3 cm³/mol. The van der Waals surface area contributed by atoms with Crippen molar-refractivity contribution >= 4 is 0 Å². The highest BCUT2D eigenvalue weighted by Crippen LogP contribution is 1.86. The minimum Gasteiger partial charge on any atom is -0.329 e. The minimum absolute atomic E-state index is 0.652. The lowest BCUT2D eigenvalue weighted by atomic mass is 10.2. The maximum absolute atomic E-state index is 5.33. The van der Waals surface area contributed by atoms with E-state index in [0.717, 1.165) is 26.2 Å². The zero-order chi connectivity index (χ0) is 9.23. The molecular weight excluding hydrogens is 150 g/mol. The van der Waals surface area contributed by atoms with E-state index in [1.54, 1.807) is 0 Å². The van der Waals surface area contributed by atoms with Crippen LogP contribution in [0.2, 0.25) is 0 Å². The summed E-state index contributed by atoms with van der Waals surface area (Å²) in [5.41, 5.74) is 5.33. The zero-order valence-electron chi connectivity index (χ0n) is 8.40. The average molecular weight is 173 g/mol. The molecule has 0 amide bonds. The Balaban J connectivity index is 2.90. The van der Waals surface area contributed by atoms with Crippen LogP contribution < -0.4 is 16.4 Å². The van der Waals surface area contributed by atoms with Crippen LogP contribution in [0.4, 0.5) is 0 Å². The Kier molecular flexibility index (Phi) is 8.88. The van der Waals surface area contributed by atoms with E-state index in [-0.39, 0.29) is 0 Å². The third-order valence-corrected chi connectivity index (χ3v) is 1.96. The molecule has 0 aromatic carbocycles. The molecule has 1 atom stereocenters. The lowest BCUT2D eigenvalue weighted by Crippen LogP contribution is -2.30. The van der Waals surface area contributed by atoms with Crippen molar-refractivity contribution in [3.63, 3.8) is 0 Å². The van der Waals surface area contributed by atoms with Gasteiger partial charge in [-0.15, -0.1) is 0 Å². The normalized spacial score (nSPS) is 13.2. The molecule has 3 heteroatoms. The molecule has 0 aliphatic rings. The van der Waals surface area contributed by atoms with Crippen molar-refractivity contribution in [1.29, 1.82) is 0 Å². The van der Waals surface area contributed by atoms with Gasteiger partial charge in [-0.05, 0) is 32.9 Å². The van der Waals surface area contributed by atoms with Crippen molar-refractivity contribution in [2.24, 2.45) is 5.73 Å². The summed E-state index contributed by atoms with van der Waals surface area (Å²) in [4.78, 5) is 0. The summed E-state index contributed by atoms with van der Waals surface area (Å²) in [7, 11) is 0. The van der Waals surface area contributed by atoms with Crippen LogP contribution in [0, 0.1) is 0 Å². The fraction of sp³-hybridized carbons (Fsp3) is 1.00. The van der Waals surface area contributed by atoms with E-state index in [0.29, 0.717) is 6.04 Å². The number of hydrogen-bond acceptors (Lipinski definition) is 3. The third-order valence-electron chi connectivity index (χ3n) is 1.96. The molecule has 0 rings (SSSR count). The molecular formula is C9H23N3. The predicted octanol–water partition coefficient (Wildman–Crippen LogP) is 0.313. The van der Waals surface area contributed by atoms with Crippen LogP contribution in [0.15, 0.2) is 0 Å². The van der Waals surface area contributed by atoms with Crippen molar-refractivity contribution < 1.29 is 0 Å². The Morgan fingerprint density at radius 2 is 2.00 bits per heavy atom. The fourth-order valence-corrected chi connectivity index (χ4v) is 0.933. The first kappa shape index (κ1) is 11.9. The van der Waals surface area contributed by atoms with Crippen molar-refractivity contribution in [2.75, 3.05) is 26.2 Å². The van der Waals surface area contributed by atoms with E-state index >= 15 is 0 Å². The average Bonchev–Trinajstić information content (AvgIpc) is 2.10. The fourth-order valence-electron chi connectivity index (χ4n) is 0.933. The lowest BCUT2D eigenvalue weighted by Gasteiger charge is -2.10. The van der Waals surface area contributed by atoms with Gasteiger partial charge in [0.15, 0.2) is 0 Å². The highest BCUT2D eigenvalue weighted by atomic mass is 14.9. The van der Waals surface area contributed by atoms with Gasteiger partial charge in [0.2, 0.25) is 0 Å².